The maximum atomic E-state index is 12.0. The molecule has 0 fully saturated rings. The molecule has 0 saturated carbocycles. The van der Waals surface area contributed by atoms with Crippen LogP contribution in [0.1, 0.15) is 16.8 Å². The highest BCUT2D eigenvalue weighted by Gasteiger charge is 2.02. The summed E-state index contributed by atoms with van der Waals surface area (Å²) >= 11 is 5.80. The minimum absolute atomic E-state index is 0.123. The lowest BCUT2D eigenvalue weighted by Gasteiger charge is -2.05. The van der Waals surface area contributed by atoms with Crippen molar-refractivity contribution in [3.63, 3.8) is 0 Å². The SMILES string of the molecule is O=C(/C=C/Nc1ccc(Cl)cc1)c1ccc(OCCCF)cc1. The summed E-state index contributed by atoms with van der Waals surface area (Å²) in [4.78, 5) is 12.0. The topological polar surface area (TPSA) is 38.3 Å². The van der Waals surface area contributed by atoms with E-state index in [4.69, 9.17) is 16.3 Å². The molecule has 0 heterocycles. The van der Waals surface area contributed by atoms with Crippen molar-refractivity contribution in [2.45, 2.75) is 6.42 Å². The summed E-state index contributed by atoms with van der Waals surface area (Å²) in [6.45, 7) is -0.0727. The van der Waals surface area contributed by atoms with Crippen molar-refractivity contribution in [1.29, 1.82) is 0 Å². The molecule has 2 aromatic rings. The van der Waals surface area contributed by atoms with Crippen molar-refractivity contribution in [3.8, 4) is 5.75 Å². The Morgan fingerprint density at radius 2 is 1.83 bits per heavy atom. The normalized spacial score (nSPS) is 10.7. The summed E-state index contributed by atoms with van der Waals surface area (Å²) in [5.74, 6) is 0.500. The van der Waals surface area contributed by atoms with Gasteiger partial charge in [-0.25, -0.2) is 0 Å². The Bertz CT molecular complexity index is 654. The Morgan fingerprint density at radius 3 is 2.48 bits per heavy atom. The predicted molar refractivity (Wildman–Crippen MR) is 91.1 cm³/mol. The van der Waals surface area contributed by atoms with E-state index in [0.717, 1.165) is 5.69 Å². The van der Waals surface area contributed by atoms with Gasteiger partial charge >= 0.3 is 0 Å². The Hall–Kier alpha value is -2.33. The van der Waals surface area contributed by atoms with Gasteiger partial charge in [-0.3, -0.25) is 9.18 Å². The summed E-state index contributed by atoms with van der Waals surface area (Å²) in [6.07, 6.45) is 3.39. The molecule has 0 saturated heterocycles. The average Bonchev–Trinajstić information content (AvgIpc) is 2.57. The molecule has 0 aliphatic carbocycles. The summed E-state index contributed by atoms with van der Waals surface area (Å²) in [6, 6.07) is 13.9. The number of anilines is 1. The molecule has 0 spiro atoms. The third-order valence-corrected chi connectivity index (χ3v) is 3.27. The number of carbonyl (C=O) groups excluding carboxylic acids is 1. The Kier molecular flexibility index (Phi) is 6.63. The van der Waals surface area contributed by atoms with Crippen LogP contribution in [-0.4, -0.2) is 19.1 Å². The number of carbonyl (C=O) groups is 1. The highest BCUT2D eigenvalue weighted by Crippen LogP contribution is 2.15. The number of halogens is 2. The Morgan fingerprint density at radius 1 is 1.13 bits per heavy atom. The molecular formula is C18H17ClFNO2. The minimum atomic E-state index is -0.401. The molecule has 0 aromatic heterocycles. The van der Waals surface area contributed by atoms with Crippen molar-refractivity contribution in [2.75, 3.05) is 18.6 Å². The van der Waals surface area contributed by atoms with Gasteiger partial charge in [0.05, 0.1) is 13.3 Å². The number of benzene rings is 2. The molecule has 0 radical (unpaired) electrons. The molecule has 0 bridgehead atoms. The van der Waals surface area contributed by atoms with Crippen LogP contribution in [0, 0.1) is 0 Å². The van der Waals surface area contributed by atoms with Gasteiger partial charge in [0.15, 0.2) is 5.78 Å². The van der Waals surface area contributed by atoms with Crippen LogP contribution >= 0.6 is 11.6 Å². The van der Waals surface area contributed by atoms with Crippen molar-refractivity contribution in [3.05, 3.63) is 71.4 Å². The van der Waals surface area contributed by atoms with Gasteiger partial charge in [0.1, 0.15) is 5.75 Å². The van der Waals surface area contributed by atoms with Gasteiger partial charge in [-0.2, -0.15) is 0 Å². The van der Waals surface area contributed by atoms with Gasteiger partial charge in [0.2, 0.25) is 0 Å². The van der Waals surface area contributed by atoms with Gasteiger partial charge in [-0.15, -0.1) is 0 Å². The molecule has 120 valence electrons. The molecule has 0 atom stereocenters. The van der Waals surface area contributed by atoms with Gasteiger partial charge in [0.25, 0.3) is 0 Å². The molecule has 3 nitrogen and oxygen atoms in total. The van der Waals surface area contributed by atoms with Crippen molar-refractivity contribution < 1.29 is 13.9 Å². The number of ketones is 1. The molecule has 5 heteroatoms. The minimum Gasteiger partial charge on any atom is -0.493 e. The van der Waals surface area contributed by atoms with Crippen LogP contribution in [0.4, 0.5) is 10.1 Å². The second kappa shape index (κ2) is 8.96. The number of alkyl halides is 1. The highest BCUT2D eigenvalue weighted by atomic mass is 35.5. The predicted octanol–water partition coefficient (Wildman–Crippen LogP) is 4.89. The van der Waals surface area contributed by atoms with E-state index in [1.165, 1.54) is 6.08 Å². The number of nitrogens with one attached hydrogen (secondary N) is 1. The van der Waals surface area contributed by atoms with Gasteiger partial charge < -0.3 is 10.1 Å². The van der Waals surface area contributed by atoms with Crippen molar-refractivity contribution >= 4 is 23.1 Å². The fraction of sp³-hybridized carbons (Fsp3) is 0.167. The van der Waals surface area contributed by atoms with Crippen LogP contribution in [0.3, 0.4) is 0 Å². The quantitative estimate of drug-likeness (QED) is 0.425. The Labute approximate surface area is 139 Å². The summed E-state index contributed by atoms with van der Waals surface area (Å²) < 4.78 is 17.3. The van der Waals surface area contributed by atoms with Crippen LogP contribution in [-0.2, 0) is 0 Å². The molecule has 0 unspecified atom stereocenters. The van der Waals surface area contributed by atoms with Crippen molar-refractivity contribution in [2.24, 2.45) is 0 Å². The van der Waals surface area contributed by atoms with Crippen LogP contribution in [0.5, 0.6) is 5.75 Å². The lowest BCUT2D eigenvalue weighted by atomic mass is 10.1. The van der Waals surface area contributed by atoms with Gasteiger partial charge in [-0.1, -0.05) is 11.6 Å². The van der Waals surface area contributed by atoms with Crippen LogP contribution in [0.2, 0.25) is 5.02 Å². The molecule has 23 heavy (non-hydrogen) atoms. The van der Waals surface area contributed by atoms with Gasteiger partial charge in [0, 0.05) is 35.0 Å². The zero-order valence-corrected chi connectivity index (χ0v) is 13.2. The first-order valence-corrected chi connectivity index (χ1v) is 7.58. The zero-order valence-electron chi connectivity index (χ0n) is 12.5. The number of hydrogen-bond donors (Lipinski definition) is 1. The van der Waals surface area contributed by atoms with Crippen LogP contribution in [0.15, 0.2) is 60.8 Å². The zero-order chi connectivity index (χ0) is 16.5. The fourth-order valence-corrected chi connectivity index (χ4v) is 1.94. The number of ether oxygens (including phenoxy) is 1. The molecule has 1 N–H and O–H groups in total. The van der Waals surface area contributed by atoms with E-state index in [0.29, 0.717) is 29.4 Å². The van der Waals surface area contributed by atoms with Crippen LogP contribution in [0.25, 0.3) is 0 Å². The van der Waals surface area contributed by atoms with E-state index >= 15 is 0 Å². The molecule has 0 aliphatic rings. The summed E-state index contributed by atoms with van der Waals surface area (Å²) in [5.41, 5.74) is 1.40. The first-order chi connectivity index (χ1) is 11.2. The summed E-state index contributed by atoms with van der Waals surface area (Å²) in [5, 5.41) is 3.65. The Balaban J connectivity index is 1.87. The van der Waals surface area contributed by atoms with Crippen molar-refractivity contribution in [1.82, 2.24) is 0 Å². The smallest absolute Gasteiger partial charge is 0.187 e. The molecule has 2 rings (SSSR count). The second-order valence-electron chi connectivity index (χ2n) is 4.76. The van der Waals surface area contributed by atoms with Gasteiger partial charge in [-0.05, 0) is 48.5 Å². The summed E-state index contributed by atoms with van der Waals surface area (Å²) in [7, 11) is 0. The van der Waals surface area contributed by atoms with E-state index in [9.17, 15) is 9.18 Å². The molecular weight excluding hydrogens is 317 g/mol. The fourth-order valence-electron chi connectivity index (χ4n) is 1.82. The molecule has 0 aliphatic heterocycles. The first kappa shape index (κ1) is 17.0. The average molecular weight is 334 g/mol. The third kappa shape index (κ3) is 5.75. The van der Waals surface area contributed by atoms with E-state index < -0.39 is 6.67 Å². The van der Waals surface area contributed by atoms with E-state index in [1.807, 2.05) is 12.1 Å². The second-order valence-corrected chi connectivity index (χ2v) is 5.20. The number of rotatable bonds is 8. The molecule has 0 amide bonds. The molecule has 2 aromatic carbocycles. The first-order valence-electron chi connectivity index (χ1n) is 7.21. The van der Waals surface area contributed by atoms with E-state index in [-0.39, 0.29) is 5.78 Å². The maximum absolute atomic E-state index is 12.0. The van der Waals surface area contributed by atoms with E-state index in [2.05, 4.69) is 5.32 Å². The largest absolute Gasteiger partial charge is 0.493 e. The van der Waals surface area contributed by atoms with Crippen LogP contribution < -0.4 is 10.1 Å². The lowest BCUT2D eigenvalue weighted by molar-refractivity contribution is 0.104. The maximum Gasteiger partial charge on any atom is 0.187 e. The van der Waals surface area contributed by atoms with E-state index in [1.54, 1.807) is 42.6 Å². The monoisotopic (exact) mass is 333 g/mol. The standard InChI is InChI=1S/C18H17ClFNO2/c19-15-4-6-16(7-5-15)21-12-10-18(22)14-2-8-17(9-3-14)23-13-1-11-20/h2-10,12,21H,1,11,13H2/b12-10+. The third-order valence-electron chi connectivity index (χ3n) is 3.01. The number of allylic oxidation sites excluding steroid dienone is 1. The number of hydrogen-bond acceptors (Lipinski definition) is 3. The highest BCUT2D eigenvalue weighted by molar-refractivity contribution is 6.30. The lowest BCUT2D eigenvalue weighted by Crippen LogP contribution is -1.99.